The Balaban J connectivity index is 2.95. The Bertz CT molecular complexity index is 304. The summed E-state index contributed by atoms with van der Waals surface area (Å²) in [5.41, 5.74) is 13.1. The van der Waals surface area contributed by atoms with Crippen LogP contribution >= 0.6 is 0 Å². The zero-order valence-electron chi connectivity index (χ0n) is 8.16. The molecule has 0 amide bonds. The molecule has 0 heterocycles. The Kier molecular flexibility index (Phi) is 3.84. The number of nitrogens with two attached hydrogens (primary N) is 2. The predicted octanol–water partition coefficient (Wildman–Crippen LogP) is -0.763. The van der Waals surface area contributed by atoms with Gasteiger partial charge in [-0.2, -0.15) is 10.0 Å². The molecule has 5 nitrogen and oxygen atoms in total. The van der Waals surface area contributed by atoms with Crippen molar-refractivity contribution in [3.8, 4) is 0 Å². The second-order valence-corrected chi connectivity index (χ2v) is 2.97. The molecule has 0 radical (unpaired) electrons. The van der Waals surface area contributed by atoms with Crippen LogP contribution in [0.4, 0.5) is 11.4 Å². The number of rotatable bonds is 4. The summed E-state index contributed by atoms with van der Waals surface area (Å²) in [5, 5.41) is 9.22. The summed E-state index contributed by atoms with van der Waals surface area (Å²) >= 11 is 0. The third-order valence-electron chi connectivity index (χ3n) is 1.97. The highest BCUT2D eigenvalue weighted by atomic mass is 16.9. The standard InChI is InChI=1S/C9H15N3O2/c1-14-12(13)9-6-7(4-5-10)2-3-8(9)11/h2-3,6,13H,4-5,10-11H2,1H3/p+1. The largest absolute Gasteiger partial charge is 0.394 e. The molecule has 1 aromatic rings. The summed E-state index contributed by atoms with van der Waals surface area (Å²) in [4.78, 5) is 4.71. The van der Waals surface area contributed by atoms with E-state index in [2.05, 4.69) is 0 Å². The number of anilines is 1. The van der Waals surface area contributed by atoms with Crippen LogP contribution in [0.5, 0.6) is 0 Å². The van der Waals surface area contributed by atoms with E-state index in [1.807, 2.05) is 6.07 Å². The van der Waals surface area contributed by atoms with Crippen LogP contribution in [0.2, 0.25) is 0 Å². The highest BCUT2D eigenvalue weighted by Crippen LogP contribution is 2.15. The number of nitrogen functional groups attached to an aromatic ring is 1. The van der Waals surface area contributed by atoms with Gasteiger partial charge in [0.05, 0.1) is 5.69 Å². The maximum absolute atomic E-state index is 9.39. The Morgan fingerprint density at radius 3 is 2.79 bits per heavy atom. The lowest BCUT2D eigenvalue weighted by atomic mass is 10.1. The van der Waals surface area contributed by atoms with E-state index in [9.17, 15) is 5.21 Å². The van der Waals surface area contributed by atoms with Gasteiger partial charge in [-0.3, -0.25) is 0 Å². The van der Waals surface area contributed by atoms with E-state index in [0.717, 1.165) is 12.0 Å². The van der Waals surface area contributed by atoms with Gasteiger partial charge in [0, 0.05) is 6.07 Å². The van der Waals surface area contributed by atoms with Crippen LogP contribution in [0.3, 0.4) is 0 Å². The lowest BCUT2D eigenvalue weighted by Crippen LogP contribution is -3.03. The predicted molar refractivity (Wildman–Crippen MR) is 53.0 cm³/mol. The van der Waals surface area contributed by atoms with E-state index >= 15 is 0 Å². The molecule has 1 rings (SSSR count). The number of nitrogens with one attached hydrogen (secondary N) is 1. The van der Waals surface area contributed by atoms with E-state index in [1.165, 1.54) is 7.11 Å². The van der Waals surface area contributed by atoms with E-state index in [1.54, 1.807) is 12.1 Å². The van der Waals surface area contributed by atoms with Gasteiger partial charge in [-0.05, 0) is 29.8 Å². The van der Waals surface area contributed by atoms with Crippen molar-refractivity contribution >= 4 is 11.4 Å². The third-order valence-corrected chi connectivity index (χ3v) is 1.97. The second-order valence-electron chi connectivity index (χ2n) is 2.97. The van der Waals surface area contributed by atoms with Crippen molar-refractivity contribution in [2.45, 2.75) is 6.42 Å². The molecular weight excluding hydrogens is 182 g/mol. The van der Waals surface area contributed by atoms with Crippen molar-refractivity contribution in [1.82, 2.24) is 0 Å². The lowest BCUT2D eigenvalue weighted by Gasteiger charge is -2.09. The summed E-state index contributed by atoms with van der Waals surface area (Å²) in [5.74, 6) is 0. The van der Waals surface area contributed by atoms with Crippen LogP contribution < -0.4 is 16.7 Å². The average molecular weight is 198 g/mol. The van der Waals surface area contributed by atoms with Crippen LogP contribution in [0, 0.1) is 0 Å². The fraction of sp³-hybridized carbons (Fsp3) is 0.333. The molecule has 5 heteroatoms. The first-order valence-corrected chi connectivity index (χ1v) is 4.37. The first-order valence-electron chi connectivity index (χ1n) is 4.37. The van der Waals surface area contributed by atoms with Crippen molar-refractivity contribution in [3.05, 3.63) is 23.8 Å². The van der Waals surface area contributed by atoms with Gasteiger partial charge in [0.2, 0.25) is 5.69 Å². The molecule has 14 heavy (non-hydrogen) atoms. The molecule has 1 atom stereocenters. The van der Waals surface area contributed by atoms with Crippen LogP contribution in [-0.2, 0) is 11.3 Å². The van der Waals surface area contributed by atoms with Crippen molar-refractivity contribution in [2.24, 2.45) is 5.73 Å². The molecule has 0 aliphatic heterocycles. The molecule has 0 fully saturated rings. The summed E-state index contributed by atoms with van der Waals surface area (Å²) in [6.45, 7) is 0.567. The molecule has 0 aliphatic carbocycles. The van der Waals surface area contributed by atoms with Gasteiger partial charge in [-0.25, -0.2) is 0 Å². The quantitative estimate of drug-likeness (QED) is 0.378. The van der Waals surface area contributed by atoms with Crippen molar-refractivity contribution < 1.29 is 15.3 Å². The molecule has 0 saturated carbocycles. The van der Waals surface area contributed by atoms with Crippen molar-refractivity contribution in [3.63, 3.8) is 0 Å². The molecule has 1 aromatic carbocycles. The average Bonchev–Trinajstić information content (AvgIpc) is 2.20. The summed E-state index contributed by atoms with van der Waals surface area (Å²) in [7, 11) is 1.39. The molecule has 6 N–H and O–H groups in total. The highest BCUT2D eigenvalue weighted by Gasteiger charge is 2.13. The minimum Gasteiger partial charge on any atom is -0.394 e. The van der Waals surface area contributed by atoms with E-state index in [4.69, 9.17) is 16.3 Å². The summed E-state index contributed by atoms with van der Waals surface area (Å²) in [6.07, 6.45) is 0.754. The summed E-state index contributed by atoms with van der Waals surface area (Å²) in [6, 6.07) is 5.39. The Hall–Kier alpha value is -1.14. The Labute approximate surface area is 82.8 Å². The van der Waals surface area contributed by atoms with Crippen molar-refractivity contribution in [2.75, 3.05) is 19.4 Å². The molecule has 0 aromatic heterocycles. The first kappa shape index (κ1) is 10.9. The van der Waals surface area contributed by atoms with Gasteiger partial charge in [0.15, 0.2) is 0 Å². The molecule has 0 saturated heterocycles. The van der Waals surface area contributed by atoms with Crippen LogP contribution in [-0.4, -0.2) is 18.9 Å². The molecule has 0 spiro atoms. The van der Waals surface area contributed by atoms with E-state index < -0.39 is 0 Å². The minimum atomic E-state index is -0.165. The third kappa shape index (κ3) is 2.43. The number of hydrogen-bond acceptors (Lipinski definition) is 4. The van der Waals surface area contributed by atoms with Crippen LogP contribution in [0.1, 0.15) is 5.56 Å². The molecule has 0 bridgehead atoms. The zero-order valence-corrected chi connectivity index (χ0v) is 8.16. The maximum atomic E-state index is 9.39. The van der Waals surface area contributed by atoms with Gasteiger partial charge in [-0.1, -0.05) is 6.07 Å². The fourth-order valence-corrected chi connectivity index (χ4v) is 1.22. The second kappa shape index (κ2) is 4.92. The van der Waals surface area contributed by atoms with Gasteiger partial charge in [-0.15, -0.1) is 0 Å². The number of quaternary nitrogens is 1. The summed E-state index contributed by atoms with van der Waals surface area (Å²) < 4.78 is 0. The Morgan fingerprint density at radius 2 is 2.21 bits per heavy atom. The Morgan fingerprint density at radius 1 is 1.50 bits per heavy atom. The maximum Gasteiger partial charge on any atom is 0.220 e. The monoisotopic (exact) mass is 198 g/mol. The molecular formula is C9H16N3O2+. The lowest BCUT2D eigenvalue weighted by molar-refractivity contribution is -1.19. The van der Waals surface area contributed by atoms with Gasteiger partial charge in [0.25, 0.3) is 0 Å². The van der Waals surface area contributed by atoms with Crippen LogP contribution in [0.15, 0.2) is 18.2 Å². The number of benzene rings is 1. The van der Waals surface area contributed by atoms with Gasteiger partial charge >= 0.3 is 0 Å². The van der Waals surface area contributed by atoms with E-state index in [-0.39, 0.29) is 5.23 Å². The van der Waals surface area contributed by atoms with Crippen molar-refractivity contribution in [1.29, 1.82) is 0 Å². The minimum absolute atomic E-state index is 0.165. The topological polar surface area (TPSA) is 85.9 Å². The SMILES string of the molecule is CO[NH+](O)c1cc(CCN)ccc1N. The smallest absolute Gasteiger partial charge is 0.220 e. The molecule has 78 valence electrons. The van der Waals surface area contributed by atoms with E-state index in [0.29, 0.717) is 17.9 Å². The van der Waals surface area contributed by atoms with Gasteiger partial charge < -0.3 is 11.5 Å². The van der Waals surface area contributed by atoms with Crippen LogP contribution in [0.25, 0.3) is 0 Å². The first-order chi connectivity index (χ1) is 6.69. The number of hydrogen-bond donors (Lipinski definition) is 4. The molecule has 1 unspecified atom stereocenters. The zero-order chi connectivity index (χ0) is 10.6. The fourth-order valence-electron chi connectivity index (χ4n) is 1.22. The molecule has 0 aliphatic rings. The normalized spacial score (nSPS) is 12.8. The van der Waals surface area contributed by atoms with Gasteiger partial charge in [0.1, 0.15) is 7.11 Å². The highest BCUT2D eigenvalue weighted by molar-refractivity contribution is 5.58.